The molecule has 18 heavy (non-hydrogen) atoms. The fourth-order valence-corrected chi connectivity index (χ4v) is 1.52. The predicted octanol–water partition coefficient (Wildman–Crippen LogP) is 1.59. The molecule has 0 aromatic carbocycles. The van der Waals surface area contributed by atoms with Crippen molar-refractivity contribution in [1.82, 2.24) is 14.9 Å². The van der Waals surface area contributed by atoms with Crippen LogP contribution in [0.1, 0.15) is 25.5 Å². The molecule has 1 rings (SSSR count). The summed E-state index contributed by atoms with van der Waals surface area (Å²) in [5.41, 5.74) is 1.07. The number of hydrogen-bond acceptors (Lipinski definition) is 5. The number of rotatable bonds is 8. The monoisotopic (exact) mass is 252 g/mol. The summed E-state index contributed by atoms with van der Waals surface area (Å²) in [4.78, 5) is 10.7. The van der Waals surface area contributed by atoms with Crippen LogP contribution in [0.4, 0.5) is 5.82 Å². The van der Waals surface area contributed by atoms with Gasteiger partial charge in [-0.15, -0.1) is 0 Å². The third kappa shape index (κ3) is 5.42. The Balaban J connectivity index is 2.32. The SMILES string of the molecule is COCCN(C)CCNc1cc(C(C)C)ncn1. The maximum Gasteiger partial charge on any atom is 0.129 e. The van der Waals surface area contributed by atoms with Crippen molar-refractivity contribution in [1.29, 1.82) is 0 Å². The highest BCUT2D eigenvalue weighted by Crippen LogP contribution is 2.13. The van der Waals surface area contributed by atoms with E-state index in [1.165, 1.54) is 0 Å². The molecule has 0 radical (unpaired) electrons. The zero-order valence-electron chi connectivity index (χ0n) is 11.8. The molecular formula is C13H24N4O. The number of nitrogens with one attached hydrogen (secondary N) is 1. The van der Waals surface area contributed by atoms with Gasteiger partial charge in [0.1, 0.15) is 12.1 Å². The third-order valence-corrected chi connectivity index (χ3v) is 2.76. The number of methoxy groups -OCH3 is 1. The molecule has 0 unspecified atom stereocenters. The van der Waals surface area contributed by atoms with Crippen LogP contribution >= 0.6 is 0 Å². The van der Waals surface area contributed by atoms with E-state index >= 15 is 0 Å². The molecule has 1 aromatic rings. The van der Waals surface area contributed by atoms with Gasteiger partial charge in [-0.2, -0.15) is 0 Å². The summed E-state index contributed by atoms with van der Waals surface area (Å²) < 4.78 is 5.04. The Kier molecular flexibility index (Phi) is 6.60. The maximum absolute atomic E-state index is 5.04. The molecule has 0 aliphatic heterocycles. The molecule has 0 amide bonds. The Morgan fingerprint density at radius 3 is 2.78 bits per heavy atom. The van der Waals surface area contributed by atoms with E-state index < -0.39 is 0 Å². The van der Waals surface area contributed by atoms with Crippen LogP contribution in [0, 0.1) is 0 Å². The minimum absolute atomic E-state index is 0.429. The lowest BCUT2D eigenvalue weighted by atomic mass is 10.1. The van der Waals surface area contributed by atoms with E-state index in [0.29, 0.717) is 5.92 Å². The largest absolute Gasteiger partial charge is 0.383 e. The Bertz CT molecular complexity index is 344. The number of hydrogen-bond donors (Lipinski definition) is 1. The summed E-state index contributed by atoms with van der Waals surface area (Å²) in [5.74, 6) is 1.33. The molecule has 102 valence electrons. The van der Waals surface area contributed by atoms with Gasteiger partial charge in [-0.1, -0.05) is 13.8 Å². The summed E-state index contributed by atoms with van der Waals surface area (Å²) in [5, 5.41) is 3.31. The third-order valence-electron chi connectivity index (χ3n) is 2.76. The number of likely N-dealkylation sites (N-methyl/N-ethyl adjacent to an activating group) is 1. The van der Waals surface area contributed by atoms with Crippen molar-refractivity contribution in [3.63, 3.8) is 0 Å². The highest BCUT2D eigenvalue weighted by molar-refractivity contribution is 5.35. The number of anilines is 1. The first kappa shape index (κ1) is 14.9. The van der Waals surface area contributed by atoms with E-state index in [0.717, 1.165) is 37.8 Å². The van der Waals surface area contributed by atoms with Gasteiger partial charge in [0.25, 0.3) is 0 Å². The second kappa shape index (κ2) is 8.00. The van der Waals surface area contributed by atoms with E-state index in [4.69, 9.17) is 4.74 Å². The molecule has 0 saturated heterocycles. The molecule has 0 spiro atoms. The van der Waals surface area contributed by atoms with Crippen molar-refractivity contribution in [3.8, 4) is 0 Å². The van der Waals surface area contributed by atoms with Gasteiger partial charge in [-0.25, -0.2) is 9.97 Å². The predicted molar refractivity (Wildman–Crippen MR) is 74.0 cm³/mol. The molecule has 0 saturated carbocycles. The fraction of sp³-hybridized carbons (Fsp3) is 0.692. The lowest BCUT2D eigenvalue weighted by Gasteiger charge is -2.16. The molecule has 5 nitrogen and oxygen atoms in total. The minimum Gasteiger partial charge on any atom is -0.383 e. The topological polar surface area (TPSA) is 50.3 Å². The van der Waals surface area contributed by atoms with Crippen LogP contribution in [0.15, 0.2) is 12.4 Å². The zero-order chi connectivity index (χ0) is 13.4. The van der Waals surface area contributed by atoms with Crippen LogP contribution in [0.2, 0.25) is 0 Å². The van der Waals surface area contributed by atoms with Gasteiger partial charge in [-0.3, -0.25) is 0 Å². The lowest BCUT2D eigenvalue weighted by Crippen LogP contribution is -2.28. The first-order valence-electron chi connectivity index (χ1n) is 6.36. The number of ether oxygens (including phenoxy) is 1. The molecule has 1 heterocycles. The van der Waals surface area contributed by atoms with Gasteiger partial charge in [0.05, 0.1) is 6.61 Å². The van der Waals surface area contributed by atoms with Crippen LogP contribution in [-0.4, -0.2) is 55.3 Å². The second-order valence-corrected chi connectivity index (χ2v) is 4.71. The highest BCUT2D eigenvalue weighted by Gasteiger charge is 2.03. The smallest absolute Gasteiger partial charge is 0.129 e. The summed E-state index contributed by atoms with van der Waals surface area (Å²) in [6, 6.07) is 2.01. The molecule has 0 fully saturated rings. The van der Waals surface area contributed by atoms with Crippen molar-refractivity contribution in [2.24, 2.45) is 0 Å². The van der Waals surface area contributed by atoms with E-state index in [2.05, 4.69) is 41.1 Å². The van der Waals surface area contributed by atoms with Crippen LogP contribution in [-0.2, 0) is 4.74 Å². The fourth-order valence-electron chi connectivity index (χ4n) is 1.52. The van der Waals surface area contributed by atoms with Crippen LogP contribution in [0.3, 0.4) is 0 Å². The second-order valence-electron chi connectivity index (χ2n) is 4.71. The van der Waals surface area contributed by atoms with Crippen molar-refractivity contribution >= 4 is 5.82 Å². The Morgan fingerprint density at radius 2 is 2.11 bits per heavy atom. The average molecular weight is 252 g/mol. The zero-order valence-corrected chi connectivity index (χ0v) is 11.8. The quantitative estimate of drug-likeness (QED) is 0.761. The van der Waals surface area contributed by atoms with Crippen LogP contribution in [0.5, 0.6) is 0 Å². The van der Waals surface area contributed by atoms with Crippen LogP contribution in [0.25, 0.3) is 0 Å². The lowest BCUT2D eigenvalue weighted by molar-refractivity contribution is 0.163. The molecule has 1 N–H and O–H groups in total. The van der Waals surface area contributed by atoms with Crippen LogP contribution < -0.4 is 5.32 Å². The van der Waals surface area contributed by atoms with Gasteiger partial charge < -0.3 is 15.0 Å². The Morgan fingerprint density at radius 1 is 1.33 bits per heavy atom. The molecule has 0 bridgehead atoms. The van der Waals surface area contributed by atoms with Gasteiger partial charge in [0.15, 0.2) is 0 Å². The van der Waals surface area contributed by atoms with Gasteiger partial charge >= 0.3 is 0 Å². The van der Waals surface area contributed by atoms with Crippen molar-refractivity contribution in [2.45, 2.75) is 19.8 Å². The van der Waals surface area contributed by atoms with Gasteiger partial charge in [0, 0.05) is 38.5 Å². The maximum atomic E-state index is 5.04. The molecule has 0 aliphatic rings. The molecular weight excluding hydrogens is 228 g/mol. The Labute approximate surface area is 110 Å². The summed E-state index contributed by atoms with van der Waals surface area (Å²) in [6.45, 7) is 7.80. The van der Waals surface area contributed by atoms with Gasteiger partial charge in [0.2, 0.25) is 0 Å². The van der Waals surface area contributed by atoms with Gasteiger partial charge in [-0.05, 0) is 13.0 Å². The Hall–Kier alpha value is -1.20. The van der Waals surface area contributed by atoms with E-state index in [1.54, 1.807) is 13.4 Å². The summed E-state index contributed by atoms with van der Waals surface area (Å²) in [7, 11) is 3.81. The van der Waals surface area contributed by atoms with Crippen molar-refractivity contribution in [2.75, 3.05) is 45.7 Å². The van der Waals surface area contributed by atoms with Crippen molar-refractivity contribution < 1.29 is 4.74 Å². The highest BCUT2D eigenvalue weighted by atomic mass is 16.5. The molecule has 0 aliphatic carbocycles. The average Bonchev–Trinajstić information content (AvgIpc) is 2.36. The molecule has 5 heteroatoms. The molecule has 0 atom stereocenters. The van der Waals surface area contributed by atoms with E-state index in [-0.39, 0.29) is 0 Å². The van der Waals surface area contributed by atoms with Crippen molar-refractivity contribution in [3.05, 3.63) is 18.1 Å². The summed E-state index contributed by atoms with van der Waals surface area (Å²) >= 11 is 0. The first-order valence-corrected chi connectivity index (χ1v) is 6.36. The number of aromatic nitrogens is 2. The van der Waals surface area contributed by atoms with E-state index in [9.17, 15) is 0 Å². The summed E-state index contributed by atoms with van der Waals surface area (Å²) in [6.07, 6.45) is 1.62. The molecule has 1 aromatic heterocycles. The standard InChI is InChI=1S/C13H24N4O/c1-11(2)12-9-13(16-10-15-12)14-5-6-17(3)7-8-18-4/h9-11H,5-8H2,1-4H3,(H,14,15,16). The van der Waals surface area contributed by atoms with E-state index in [1.807, 2.05) is 6.07 Å². The minimum atomic E-state index is 0.429. The normalized spacial score (nSPS) is 11.2. The first-order chi connectivity index (χ1) is 8.63. The number of nitrogens with zero attached hydrogens (tertiary/aromatic N) is 3.